The molecule has 1 aromatic heterocycles. The van der Waals surface area contributed by atoms with Crippen LogP contribution in [0.1, 0.15) is 42.9 Å². The average Bonchev–Trinajstić information content (AvgIpc) is 3.84. The maximum Gasteiger partial charge on any atom is 0.271 e. The third kappa shape index (κ3) is 8.34. The van der Waals surface area contributed by atoms with Crippen LogP contribution >= 0.6 is 0 Å². The monoisotopic (exact) mass is 603 g/mol. The summed E-state index contributed by atoms with van der Waals surface area (Å²) in [7, 11) is 2.88. The Morgan fingerprint density at radius 1 is 1.23 bits per heavy atom. The topological polar surface area (TPSA) is 184 Å². The van der Waals surface area contributed by atoms with Crippen LogP contribution in [0.25, 0.3) is 5.70 Å². The van der Waals surface area contributed by atoms with Crippen LogP contribution in [0.3, 0.4) is 0 Å². The van der Waals surface area contributed by atoms with Gasteiger partial charge in [-0.1, -0.05) is 12.1 Å². The number of carbonyl (C=O) groups is 2. The molecule has 1 unspecified atom stereocenters. The minimum absolute atomic E-state index is 0.0180. The van der Waals surface area contributed by atoms with E-state index in [1.165, 1.54) is 27.2 Å². The van der Waals surface area contributed by atoms with Crippen LogP contribution in [-0.2, 0) is 16.1 Å². The first-order valence-corrected chi connectivity index (χ1v) is 14.3. The van der Waals surface area contributed by atoms with E-state index < -0.39 is 17.8 Å². The predicted octanol–water partition coefficient (Wildman–Crippen LogP) is 2.73. The molecule has 1 saturated carbocycles. The van der Waals surface area contributed by atoms with Crippen molar-refractivity contribution in [2.24, 2.45) is 27.4 Å². The number of nitrogens with two attached hydrogens (primary N) is 2. The van der Waals surface area contributed by atoms with Crippen LogP contribution in [0, 0.1) is 11.3 Å². The quantitative estimate of drug-likeness (QED) is 0.171. The van der Waals surface area contributed by atoms with E-state index in [1.54, 1.807) is 36.6 Å². The fourth-order valence-electron chi connectivity index (χ4n) is 4.51. The summed E-state index contributed by atoms with van der Waals surface area (Å²) < 4.78 is 19.2. The fourth-order valence-corrected chi connectivity index (χ4v) is 4.51. The molecule has 0 bridgehead atoms. The lowest BCUT2D eigenvalue weighted by molar-refractivity contribution is -0.119. The number of methoxy groups -OCH3 is 1. The van der Waals surface area contributed by atoms with Crippen LogP contribution in [0.15, 0.2) is 64.2 Å². The van der Waals surface area contributed by atoms with Gasteiger partial charge in [0.25, 0.3) is 11.8 Å². The Hall–Kier alpha value is -4.91. The molecule has 2 aliphatic rings. The van der Waals surface area contributed by atoms with Gasteiger partial charge in [0.1, 0.15) is 17.7 Å². The molecule has 1 aromatic carbocycles. The number of alkyl halides is 1. The van der Waals surface area contributed by atoms with Crippen LogP contribution in [0.2, 0.25) is 0 Å². The Kier molecular flexibility index (Phi) is 10.6. The number of aliphatic imine (C=N–C) groups is 2. The number of carbonyl (C=O) groups excluding carboxylic acids is 2. The summed E-state index contributed by atoms with van der Waals surface area (Å²) in [6.07, 6.45) is 5.04. The molecule has 0 spiro atoms. The SMILES string of the molecule is CNC(=O)C(=N)/C(=C\C(N)=NC(=O)C1CC1)Nc1cccc(/C(N)=C/C=NC2CN(Cc3cccc(C(C)F)n3)C2)c1OC. The number of pyridine rings is 1. The van der Waals surface area contributed by atoms with E-state index in [0.717, 1.165) is 31.6 Å². The summed E-state index contributed by atoms with van der Waals surface area (Å²) in [6, 6.07) is 10.7. The number of amides is 2. The standard InChI is InChI=1S/C31H38FN9O3/c1-18(32)24-8-4-6-20(38-24)15-41-16-21(17-41)37-13-12-23(33)22-7-5-9-25(29(22)44-3)39-26(28(35)31(43)36-2)14-27(34)40-30(42)19-10-11-19/h4-9,12-14,18-19,21,35,39H,10-11,15-17,33H2,1-3H3,(H,36,43)(H2,34,40,42)/b23-12-,26-14+,35-28?,37-13?. The van der Waals surface area contributed by atoms with E-state index in [1.807, 2.05) is 12.1 Å². The van der Waals surface area contributed by atoms with Gasteiger partial charge in [0, 0.05) is 56.2 Å². The lowest BCUT2D eigenvalue weighted by Crippen LogP contribution is -2.49. The summed E-state index contributed by atoms with van der Waals surface area (Å²) >= 11 is 0. The molecule has 232 valence electrons. The molecule has 13 heteroatoms. The maximum absolute atomic E-state index is 13.6. The third-order valence-corrected chi connectivity index (χ3v) is 7.09. The molecular weight excluding hydrogens is 565 g/mol. The van der Waals surface area contributed by atoms with E-state index in [9.17, 15) is 14.0 Å². The second-order valence-corrected chi connectivity index (χ2v) is 10.6. The molecular formula is C31H38FN9O3. The van der Waals surface area contributed by atoms with Crippen molar-refractivity contribution in [3.05, 3.63) is 71.2 Å². The number of aromatic nitrogens is 1. The van der Waals surface area contributed by atoms with Gasteiger partial charge in [-0.2, -0.15) is 4.99 Å². The van der Waals surface area contributed by atoms with E-state index in [-0.39, 0.29) is 29.4 Å². The molecule has 7 N–H and O–H groups in total. The van der Waals surface area contributed by atoms with Gasteiger partial charge >= 0.3 is 0 Å². The van der Waals surface area contributed by atoms with Gasteiger partial charge in [0.05, 0.1) is 35.9 Å². The summed E-state index contributed by atoms with van der Waals surface area (Å²) in [5, 5.41) is 13.8. The van der Waals surface area contributed by atoms with Crippen LogP contribution in [-0.4, -0.2) is 72.7 Å². The number of para-hydroxylation sites is 1. The number of amidine groups is 1. The minimum Gasteiger partial charge on any atom is -0.494 e. The van der Waals surface area contributed by atoms with Gasteiger partial charge in [0.2, 0.25) is 0 Å². The molecule has 2 amide bonds. The Morgan fingerprint density at radius 3 is 2.61 bits per heavy atom. The Labute approximate surface area is 255 Å². The molecule has 12 nitrogen and oxygen atoms in total. The number of hydrogen-bond acceptors (Lipinski definition) is 9. The first kappa shape index (κ1) is 32.0. The smallest absolute Gasteiger partial charge is 0.271 e. The van der Waals surface area contributed by atoms with Gasteiger partial charge in [-0.25, -0.2) is 4.39 Å². The molecule has 2 fully saturated rings. The van der Waals surface area contributed by atoms with Crippen molar-refractivity contribution in [2.75, 3.05) is 32.6 Å². The fraction of sp³-hybridized carbons (Fsp3) is 0.355. The summed E-state index contributed by atoms with van der Waals surface area (Å²) in [5.74, 6) is -0.875. The number of halogens is 1. The van der Waals surface area contributed by atoms with Crippen LogP contribution in [0.4, 0.5) is 10.1 Å². The van der Waals surface area contributed by atoms with Gasteiger partial charge in [-0.3, -0.25) is 29.9 Å². The lowest BCUT2D eigenvalue weighted by Gasteiger charge is -2.36. The number of ether oxygens (including phenoxy) is 1. The highest BCUT2D eigenvalue weighted by molar-refractivity contribution is 6.45. The van der Waals surface area contributed by atoms with Crippen molar-refractivity contribution >= 4 is 41.0 Å². The number of allylic oxidation sites excluding steroid dienone is 1. The number of nitrogens with zero attached hydrogens (tertiary/aromatic N) is 4. The van der Waals surface area contributed by atoms with Gasteiger partial charge < -0.3 is 26.8 Å². The van der Waals surface area contributed by atoms with E-state index in [0.29, 0.717) is 34.9 Å². The summed E-state index contributed by atoms with van der Waals surface area (Å²) in [4.78, 5) is 39.4. The van der Waals surface area contributed by atoms with Crippen molar-refractivity contribution in [3.8, 4) is 5.75 Å². The molecule has 2 aromatic rings. The molecule has 1 atom stereocenters. The average molecular weight is 604 g/mol. The molecule has 1 aliphatic heterocycles. The first-order chi connectivity index (χ1) is 21.1. The highest BCUT2D eigenvalue weighted by Gasteiger charge is 2.29. The Morgan fingerprint density at radius 2 is 1.95 bits per heavy atom. The summed E-state index contributed by atoms with van der Waals surface area (Å²) in [5.41, 5.74) is 14.6. The highest BCUT2D eigenvalue weighted by Crippen LogP contribution is 2.33. The largest absolute Gasteiger partial charge is 0.494 e. The summed E-state index contributed by atoms with van der Waals surface area (Å²) in [6.45, 7) is 3.59. The molecule has 44 heavy (non-hydrogen) atoms. The van der Waals surface area contributed by atoms with Crippen LogP contribution in [0.5, 0.6) is 5.75 Å². The minimum atomic E-state index is -1.10. The zero-order valence-electron chi connectivity index (χ0n) is 25.0. The molecule has 1 saturated heterocycles. The van der Waals surface area contributed by atoms with Gasteiger partial charge in [0.15, 0.2) is 5.75 Å². The second kappa shape index (κ2) is 14.5. The lowest BCUT2D eigenvalue weighted by atomic mass is 10.1. The van der Waals surface area contributed by atoms with Crippen molar-refractivity contribution in [3.63, 3.8) is 0 Å². The van der Waals surface area contributed by atoms with Gasteiger partial charge in [-0.05, 0) is 50.1 Å². The van der Waals surface area contributed by atoms with Crippen molar-refractivity contribution in [1.82, 2.24) is 15.2 Å². The molecule has 0 radical (unpaired) electrons. The number of rotatable bonds is 13. The zero-order chi connectivity index (χ0) is 31.8. The Bertz CT molecular complexity index is 1520. The third-order valence-electron chi connectivity index (χ3n) is 7.09. The molecule has 1 aliphatic carbocycles. The van der Waals surface area contributed by atoms with Crippen molar-refractivity contribution in [2.45, 2.75) is 38.5 Å². The van der Waals surface area contributed by atoms with Gasteiger partial charge in [-0.15, -0.1) is 0 Å². The van der Waals surface area contributed by atoms with Crippen molar-refractivity contribution in [1.29, 1.82) is 5.41 Å². The molecule has 2 heterocycles. The predicted molar refractivity (Wildman–Crippen MR) is 169 cm³/mol. The van der Waals surface area contributed by atoms with E-state index in [2.05, 4.69) is 30.5 Å². The first-order valence-electron chi connectivity index (χ1n) is 14.3. The number of nitrogens with one attached hydrogen (secondary N) is 3. The maximum atomic E-state index is 13.6. The normalized spacial score (nSPS) is 17.2. The van der Waals surface area contributed by atoms with Crippen LogP contribution < -0.4 is 26.8 Å². The number of benzene rings is 1. The number of anilines is 1. The highest BCUT2D eigenvalue weighted by atomic mass is 19.1. The molecule has 4 rings (SSSR count). The number of likely N-dealkylation sites (tertiary alicyclic amines) is 1. The van der Waals surface area contributed by atoms with E-state index in [4.69, 9.17) is 21.6 Å². The van der Waals surface area contributed by atoms with Crippen molar-refractivity contribution < 1.29 is 18.7 Å². The second-order valence-electron chi connectivity index (χ2n) is 10.6. The zero-order valence-corrected chi connectivity index (χ0v) is 25.0. The Balaban J connectivity index is 1.44. The number of hydrogen-bond donors (Lipinski definition) is 5. The van der Waals surface area contributed by atoms with E-state index >= 15 is 0 Å².